The van der Waals surface area contributed by atoms with Crippen LogP contribution < -0.4 is 5.32 Å². The molecule has 9 heteroatoms. The number of aromatic nitrogens is 2. The second-order valence-electron chi connectivity index (χ2n) is 5.23. The van der Waals surface area contributed by atoms with Crippen molar-refractivity contribution in [2.75, 3.05) is 31.2 Å². The van der Waals surface area contributed by atoms with Gasteiger partial charge in [-0.25, -0.2) is 9.97 Å². The predicted octanol–water partition coefficient (Wildman–Crippen LogP) is 3.03. The maximum Gasteiger partial charge on any atom is 0.421 e. The van der Waals surface area contributed by atoms with Crippen molar-refractivity contribution in [1.82, 2.24) is 14.9 Å². The van der Waals surface area contributed by atoms with E-state index in [0.717, 1.165) is 25.6 Å². The first-order chi connectivity index (χ1) is 10.9. The van der Waals surface area contributed by atoms with E-state index in [1.54, 1.807) is 11.2 Å². The fraction of sp³-hybridized carbons (Fsp3) is 0.643. The third kappa shape index (κ3) is 4.98. The summed E-state index contributed by atoms with van der Waals surface area (Å²) in [7, 11) is 0. The topological polar surface area (TPSA) is 58.1 Å². The Balaban J connectivity index is 1.92. The summed E-state index contributed by atoms with van der Waals surface area (Å²) in [6.45, 7) is 1.60. The highest BCUT2D eigenvalue weighted by Gasteiger charge is 2.35. The van der Waals surface area contributed by atoms with Crippen molar-refractivity contribution in [2.24, 2.45) is 0 Å². The monoisotopic (exact) mass is 348 g/mol. The van der Waals surface area contributed by atoms with E-state index in [9.17, 15) is 18.0 Å². The zero-order valence-electron chi connectivity index (χ0n) is 12.8. The van der Waals surface area contributed by atoms with E-state index < -0.39 is 11.7 Å². The summed E-state index contributed by atoms with van der Waals surface area (Å²) in [6, 6.07) is 0. The molecule has 5 nitrogen and oxygen atoms in total. The largest absolute Gasteiger partial charge is 0.421 e. The number of likely N-dealkylation sites (tertiary alicyclic amines) is 1. The number of nitrogens with zero attached hydrogens (tertiary/aromatic N) is 3. The number of amides is 1. The van der Waals surface area contributed by atoms with Crippen molar-refractivity contribution < 1.29 is 18.0 Å². The van der Waals surface area contributed by atoms with Gasteiger partial charge < -0.3 is 10.2 Å². The molecule has 1 aromatic heterocycles. The molecule has 0 bridgehead atoms. The number of anilines is 1. The van der Waals surface area contributed by atoms with Crippen molar-refractivity contribution in [1.29, 1.82) is 0 Å². The number of piperidine rings is 1. The Hall–Kier alpha value is -1.51. The average molecular weight is 348 g/mol. The van der Waals surface area contributed by atoms with Gasteiger partial charge in [0.2, 0.25) is 5.91 Å². The van der Waals surface area contributed by atoms with Gasteiger partial charge in [-0.15, -0.1) is 0 Å². The zero-order chi connectivity index (χ0) is 16.9. The molecule has 1 saturated heterocycles. The molecule has 0 radical (unpaired) electrons. The maximum absolute atomic E-state index is 13.0. The summed E-state index contributed by atoms with van der Waals surface area (Å²) in [6.07, 6.45) is 1.05. The molecule has 0 aromatic carbocycles. The Bertz CT molecular complexity index is 553. The van der Waals surface area contributed by atoms with Crippen LogP contribution in [0.4, 0.5) is 19.0 Å². The molecule has 1 amide bonds. The molecule has 1 aliphatic rings. The Kier molecular flexibility index (Phi) is 6.09. The maximum atomic E-state index is 13.0. The first-order valence-corrected chi connectivity index (χ1v) is 8.64. The highest BCUT2D eigenvalue weighted by atomic mass is 32.2. The third-order valence-electron chi connectivity index (χ3n) is 3.57. The van der Waals surface area contributed by atoms with Gasteiger partial charge in [0, 0.05) is 32.3 Å². The minimum atomic E-state index is -4.50. The summed E-state index contributed by atoms with van der Waals surface area (Å²) in [5.74, 6) is -0.0826. The molecule has 0 aliphatic carbocycles. The van der Waals surface area contributed by atoms with Gasteiger partial charge in [0.1, 0.15) is 11.4 Å². The molecule has 0 atom stereocenters. The van der Waals surface area contributed by atoms with Crippen molar-refractivity contribution in [3.05, 3.63) is 11.8 Å². The number of carbonyl (C=O) groups is 1. The first-order valence-electron chi connectivity index (χ1n) is 7.41. The molecule has 1 N–H and O–H groups in total. The lowest BCUT2D eigenvalue weighted by molar-refractivity contribution is -0.137. The molecule has 128 valence electrons. The van der Waals surface area contributed by atoms with Gasteiger partial charge in [0.05, 0.1) is 0 Å². The third-order valence-corrected chi connectivity index (χ3v) is 4.14. The van der Waals surface area contributed by atoms with Gasteiger partial charge in [-0.1, -0.05) is 11.8 Å². The highest BCUT2D eigenvalue weighted by molar-refractivity contribution is 7.98. The van der Waals surface area contributed by atoms with Crippen LogP contribution in [-0.2, 0) is 11.0 Å². The quantitative estimate of drug-likeness (QED) is 0.486. The van der Waals surface area contributed by atoms with Crippen LogP contribution >= 0.6 is 11.8 Å². The average Bonchev–Trinajstić information content (AvgIpc) is 2.52. The van der Waals surface area contributed by atoms with Crippen LogP contribution in [-0.4, -0.2) is 46.7 Å². The highest BCUT2D eigenvalue weighted by Crippen LogP contribution is 2.34. The van der Waals surface area contributed by atoms with Gasteiger partial charge in [-0.05, 0) is 25.5 Å². The second-order valence-corrected chi connectivity index (χ2v) is 6.01. The van der Waals surface area contributed by atoms with Gasteiger partial charge in [-0.3, -0.25) is 4.79 Å². The van der Waals surface area contributed by atoms with Gasteiger partial charge >= 0.3 is 6.18 Å². The lowest BCUT2D eigenvalue weighted by Gasteiger charge is -2.26. The lowest BCUT2D eigenvalue weighted by atomic mass is 10.1. The molecule has 1 fully saturated rings. The molecular formula is C14H19F3N4OS. The summed E-state index contributed by atoms with van der Waals surface area (Å²) in [5, 5.41) is 3.01. The Morgan fingerprint density at radius 3 is 2.83 bits per heavy atom. The molecule has 1 aliphatic heterocycles. The van der Waals surface area contributed by atoms with Crippen molar-refractivity contribution in [2.45, 2.75) is 37.0 Å². The summed E-state index contributed by atoms with van der Waals surface area (Å²) in [5.41, 5.74) is -0.871. The standard InChI is InChI=1S/C14H19F3N4OS/c1-23-13-19-9-10(14(15,16)17)12(20-13)18-6-4-8-21-7-3-2-5-11(21)22/h9H,2-8H2,1H3,(H,18,19,20). The smallest absolute Gasteiger partial charge is 0.369 e. The Morgan fingerprint density at radius 1 is 1.39 bits per heavy atom. The van der Waals surface area contributed by atoms with E-state index in [0.29, 0.717) is 25.9 Å². The van der Waals surface area contributed by atoms with E-state index in [1.807, 2.05) is 0 Å². The summed E-state index contributed by atoms with van der Waals surface area (Å²) < 4.78 is 38.9. The van der Waals surface area contributed by atoms with Gasteiger partial charge in [-0.2, -0.15) is 13.2 Å². The molecular weight excluding hydrogens is 329 g/mol. The molecule has 23 heavy (non-hydrogen) atoms. The Morgan fingerprint density at radius 2 is 2.17 bits per heavy atom. The molecule has 0 spiro atoms. The molecule has 0 unspecified atom stereocenters. The fourth-order valence-electron chi connectivity index (χ4n) is 2.38. The van der Waals surface area contributed by atoms with Crippen LogP contribution in [0.15, 0.2) is 11.4 Å². The fourth-order valence-corrected chi connectivity index (χ4v) is 2.72. The molecule has 2 heterocycles. The second kappa shape index (κ2) is 7.85. The van der Waals surface area contributed by atoms with E-state index in [2.05, 4.69) is 15.3 Å². The number of nitrogens with one attached hydrogen (secondary N) is 1. The molecule has 2 rings (SSSR count). The van der Waals surface area contributed by atoms with Crippen LogP contribution in [0.3, 0.4) is 0 Å². The van der Waals surface area contributed by atoms with E-state index in [4.69, 9.17) is 0 Å². The van der Waals surface area contributed by atoms with E-state index in [1.165, 1.54) is 11.8 Å². The number of halogens is 3. The Labute approximate surface area is 137 Å². The van der Waals surface area contributed by atoms with Crippen LogP contribution in [0.2, 0.25) is 0 Å². The van der Waals surface area contributed by atoms with Crippen molar-refractivity contribution >= 4 is 23.5 Å². The lowest BCUT2D eigenvalue weighted by Crippen LogP contribution is -2.36. The first kappa shape index (κ1) is 17.8. The number of hydrogen-bond donors (Lipinski definition) is 1. The van der Waals surface area contributed by atoms with Crippen LogP contribution in [0.1, 0.15) is 31.2 Å². The molecule has 1 aromatic rings. The number of thioether (sulfide) groups is 1. The van der Waals surface area contributed by atoms with Gasteiger partial charge in [0.25, 0.3) is 0 Å². The SMILES string of the molecule is CSc1ncc(C(F)(F)F)c(NCCCN2CCCCC2=O)n1. The summed E-state index contributed by atoms with van der Waals surface area (Å²) in [4.78, 5) is 21.0. The zero-order valence-corrected chi connectivity index (χ0v) is 13.6. The van der Waals surface area contributed by atoms with E-state index >= 15 is 0 Å². The van der Waals surface area contributed by atoms with E-state index in [-0.39, 0.29) is 16.9 Å². The van der Waals surface area contributed by atoms with Crippen LogP contribution in [0.25, 0.3) is 0 Å². The summed E-state index contributed by atoms with van der Waals surface area (Å²) >= 11 is 1.18. The minimum absolute atomic E-state index is 0.124. The number of hydrogen-bond acceptors (Lipinski definition) is 5. The molecule has 0 saturated carbocycles. The van der Waals surface area contributed by atoms with Crippen LogP contribution in [0, 0.1) is 0 Å². The normalized spacial score (nSPS) is 15.8. The van der Waals surface area contributed by atoms with Crippen LogP contribution in [0.5, 0.6) is 0 Å². The minimum Gasteiger partial charge on any atom is -0.369 e. The predicted molar refractivity (Wildman–Crippen MR) is 82.4 cm³/mol. The number of carbonyl (C=O) groups excluding carboxylic acids is 1. The number of alkyl halides is 3. The van der Waals surface area contributed by atoms with Crippen molar-refractivity contribution in [3.8, 4) is 0 Å². The van der Waals surface area contributed by atoms with Gasteiger partial charge in [0.15, 0.2) is 5.16 Å². The van der Waals surface area contributed by atoms with Crippen molar-refractivity contribution in [3.63, 3.8) is 0 Å². The number of rotatable bonds is 6.